The highest BCUT2D eigenvalue weighted by atomic mass is 16.4. The van der Waals surface area contributed by atoms with Gasteiger partial charge in [-0.25, -0.2) is 4.79 Å². The Morgan fingerprint density at radius 2 is 1.76 bits per heavy atom. The summed E-state index contributed by atoms with van der Waals surface area (Å²) in [5, 5.41) is 19.7. The molecule has 0 heterocycles. The molecule has 0 radical (unpaired) electrons. The van der Waals surface area contributed by atoms with Crippen LogP contribution in [-0.4, -0.2) is 34.1 Å². The van der Waals surface area contributed by atoms with Gasteiger partial charge in [0.15, 0.2) is 0 Å². The summed E-state index contributed by atoms with van der Waals surface area (Å²) in [6, 6.07) is -1.32. The van der Waals surface area contributed by atoms with Crippen molar-refractivity contribution in [2.45, 2.75) is 31.7 Å². The number of fused-ring (bicyclic) bond motifs is 1. The number of carboxylic acid groups (broad SMARTS) is 2. The van der Waals surface area contributed by atoms with Crippen molar-refractivity contribution in [2.75, 3.05) is 0 Å². The van der Waals surface area contributed by atoms with Crippen LogP contribution in [0.3, 0.4) is 0 Å². The quantitative estimate of drug-likeness (QED) is 0.632. The number of carboxylic acids is 2. The number of hydrogen-bond acceptors (Lipinski definition) is 3. The first-order valence-corrected chi connectivity index (χ1v) is 5.75. The van der Waals surface area contributed by atoms with E-state index in [0.29, 0.717) is 11.8 Å². The van der Waals surface area contributed by atoms with Crippen LogP contribution < -0.4 is 5.32 Å². The van der Waals surface area contributed by atoms with Crippen molar-refractivity contribution in [1.29, 1.82) is 0 Å². The molecule has 1 amide bonds. The van der Waals surface area contributed by atoms with Crippen molar-refractivity contribution < 1.29 is 24.6 Å². The van der Waals surface area contributed by atoms with Crippen molar-refractivity contribution in [1.82, 2.24) is 5.32 Å². The molecule has 3 atom stereocenters. The molecule has 17 heavy (non-hydrogen) atoms. The molecule has 0 aromatic heterocycles. The molecule has 0 aromatic carbocycles. The Morgan fingerprint density at radius 1 is 1.18 bits per heavy atom. The topological polar surface area (TPSA) is 104 Å². The monoisotopic (exact) mass is 241 g/mol. The molecule has 0 saturated heterocycles. The third kappa shape index (κ3) is 2.40. The fourth-order valence-electron chi connectivity index (χ4n) is 2.85. The van der Waals surface area contributed by atoms with Crippen LogP contribution in [-0.2, 0) is 14.4 Å². The van der Waals surface area contributed by atoms with E-state index in [4.69, 9.17) is 10.2 Å². The lowest BCUT2D eigenvalue weighted by Gasteiger charge is -2.13. The van der Waals surface area contributed by atoms with Crippen LogP contribution in [0.1, 0.15) is 25.7 Å². The van der Waals surface area contributed by atoms with Crippen LogP contribution in [0.25, 0.3) is 0 Å². The summed E-state index contributed by atoms with van der Waals surface area (Å²) in [7, 11) is 0. The minimum Gasteiger partial charge on any atom is -0.481 e. The zero-order chi connectivity index (χ0) is 12.6. The number of amides is 1. The molecule has 0 aromatic rings. The van der Waals surface area contributed by atoms with Crippen LogP contribution >= 0.6 is 0 Å². The molecule has 2 fully saturated rings. The van der Waals surface area contributed by atoms with Crippen molar-refractivity contribution in [3.8, 4) is 0 Å². The van der Waals surface area contributed by atoms with E-state index in [-0.39, 0.29) is 11.8 Å². The Balaban J connectivity index is 1.88. The minimum atomic E-state index is -1.32. The predicted molar refractivity (Wildman–Crippen MR) is 56.1 cm³/mol. The number of aliphatic carboxylic acids is 2. The average Bonchev–Trinajstić information content (AvgIpc) is 2.71. The lowest BCUT2D eigenvalue weighted by molar-refractivity contribution is -0.147. The third-order valence-corrected chi connectivity index (χ3v) is 3.70. The van der Waals surface area contributed by atoms with Gasteiger partial charge in [0.2, 0.25) is 5.91 Å². The largest absolute Gasteiger partial charge is 0.481 e. The smallest absolute Gasteiger partial charge is 0.326 e. The first kappa shape index (κ1) is 11.9. The Morgan fingerprint density at radius 3 is 2.24 bits per heavy atom. The van der Waals surface area contributed by atoms with Gasteiger partial charge in [-0.3, -0.25) is 9.59 Å². The molecule has 0 spiro atoms. The van der Waals surface area contributed by atoms with E-state index in [9.17, 15) is 14.4 Å². The highest BCUT2D eigenvalue weighted by molar-refractivity contribution is 5.89. The second-order valence-electron chi connectivity index (χ2n) is 4.78. The summed E-state index contributed by atoms with van der Waals surface area (Å²) in [5.41, 5.74) is 0. The first-order chi connectivity index (χ1) is 8.00. The van der Waals surface area contributed by atoms with Crippen molar-refractivity contribution in [3.63, 3.8) is 0 Å². The second-order valence-corrected chi connectivity index (χ2v) is 4.78. The van der Waals surface area contributed by atoms with Crippen molar-refractivity contribution >= 4 is 17.8 Å². The summed E-state index contributed by atoms with van der Waals surface area (Å²) >= 11 is 0. The second kappa shape index (κ2) is 4.35. The first-order valence-electron chi connectivity index (χ1n) is 5.75. The molecule has 0 aliphatic heterocycles. The molecule has 2 aliphatic rings. The number of carbonyl (C=O) groups is 3. The van der Waals surface area contributed by atoms with Gasteiger partial charge in [-0.15, -0.1) is 0 Å². The van der Waals surface area contributed by atoms with Gasteiger partial charge in [0, 0.05) is 5.92 Å². The fraction of sp³-hybridized carbons (Fsp3) is 0.727. The lowest BCUT2D eigenvalue weighted by Crippen LogP contribution is -2.43. The van der Waals surface area contributed by atoms with E-state index in [1.54, 1.807) is 0 Å². The zero-order valence-electron chi connectivity index (χ0n) is 9.26. The van der Waals surface area contributed by atoms with Crippen LogP contribution in [0.15, 0.2) is 0 Å². The Hall–Kier alpha value is -1.59. The fourth-order valence-corrected chi connectivity index (χ4v) is 2.85. The summed E-state index contributed by atoms with van der Waals surface area (Å²) in [6.45, 7) is 0. The Labute approximate surface area is 98.0 Å². The summed E-state index contributed by atoms with van der Waals surface area (Å²) in [4.78, 5) is 33.0. The van der Waals surface area contributed by atoms with Gasteiger partial charge in [0.25, 0.3) is 0 Å². The molecule has 2 aliphatic carbocycles. The van der Waals surface area contributed by atoms with Crippen LogP contribution in [0, 0.1) is 17.8 Å². The molecule has 94 valence electrons. The van der Waals surface area contributed by atoms with E-state index in [1.807, 2.05) is 0 Å². The lowest BCUT2D eigenvalue weighted by atomic mass is 10.1. The Kier molecular flexibility index (Phi) is 3.04. The average molecular weight is 241 g/mol. The molecule has 2 rings (SSSR count). The zero-order valence-corrected chi connectivity index (χ0v) is 9.26. The van der Waals surface area contributed by atoms with Gasteiger partial charge >= 0.3 is 11.9 Å². The van der Waals surface area contributed by atoms with Gasteiger partial charge in [0.05, 0.1) is 6.42 Å². The highest BCUT2D eigenvalue weighted by Crippen LogP contribution is 2.57. The number of nitrogens with one attached hydrogen (secondary N) is 1. The molecule has 2 unspecified atom stereocenters. The summed E-state index contributed by atoms with van der Waals surface area (Å²) < 4.78 is 0. The van der Waals surface area contributed by atoms with Crippen molar-refractivity contribution in [3.05, 3.63) is 0 Å². The molecule has 2 saturated carbocycles. The number of hydrogen-bond donors (Lipinski definition) is 3. The van der Waals surface area contributed by atoms with Crippen LogP contribution in [0.4, 0.5) is 0 Å². The standard InChI is InChI=1S/C11H15NO5/c13-8(14)4-7(11(16)17)12-10(15)9-5-2-1-3-6(5)9/h5-7,9H,1-4H2,(H,12,15)(H,13,14)(H,16,17)/t5?,6?,7-,9?/m1/s1. The van der Waals surface area contributed by atoms with Gasteiger partial charge in [-0.2, -0.15) is 0 Å². The van der Waals surface area contributed by atoms with Gasteiger partial charge < -0.3 is 15.5 Å². The third-order valence-electron chi connectivity index (χ3n) is 3.70. The number of carbonyl (C=O) groups excluding carboxylic acids is 1. The molecule has 6 heteroatoms. The normalized spacial score (nSPS) is 31.4. The molecule has 0 bridgehead atoms. The van der Waals surface area contributed by atoms with Gasteiger partial charge in [-0.1, -0.05) is 6.42 Å². The van der Waals surface area contributed by atoms with Gasteiger partial charge in [-0.05, 0) is 24.7 Å². The van der Waals surface area contributed by atoms with E-state index in [2.05, 4.69) is 5.32 Å². The maximum Gasteiger partial charge on any atom is 0.326 e. The van der Waals surface area contributed by atoms with E-state index >= 15 is 0 Å². The molecular formula is C11H15NO5. The molecule has 3 N–H and O–H groups in total. The minimum absolute atomic E-state index is 0.0839. The van der Waals surface area contributed by atoms with Crippen LogP contribution in [0.2, 0.25) is 0 Å². The maximum absolute atomic E-state index is 11.7. The Bertz CT molecular complexity index is 357. The predicted octanol–water partition coefficient (Wildman–Crippen LogP) is 0.0766. The highest BCUT2D eigenvalue weighted by Gasteiger charge is 2.56. The van der Waals surface area contributed by atoms with E-state index in [0.717, 1.165) is 19.3 Å². The summed E-state index contributed by atoms with van der Waals surface area (Å²) in [5.74, 6) is -2.11. The van der Waals surface area contributed by atoms with Crippen LogP contribution in [0.5, 0.6) is 0 Å². The number of rotatable bonds is 5. The molecular weight excluding hydrogens is 226 g/mol. The maximum atomic E-state index is 11.7. The summed E-state index contributed by atoms with van der Waals surface area (Å²) in [6.07, 6.45) is 2.61. The van der Waals surface area contributed by atoms with E-state index in [1.165, 1.54) is 0 Å². The molecule has 6 nitrogen and oxygen atoms in total. The van der Waals surface area contributed by atoms with Gasteiger partial charge in [0.1, 0.15) is 6.04 Å². The SMILES string of the molecule is O=C(O)C[C@@H](NC(=O)C1C2CCCC21)C(=O)O. The van der Waals surface area contributed by atoms with E-state index < -0.39 is 24.4 Å². The van der Waals surface area contributed by atoms with Crippen molar-refractivity contribution in [2.24, 2.45) is 17.8 Å².